The molecule has 0 saturated heterocycles. The second kappa shape index (κ2) is 22.8. The molecular weight excluding hydrogens is 298 g/mol. The first-order chi connectivity index (χ1) is 7.83. The van der Waals surface area contributed by atoms with Crippen molar-refractivity contribution < 1.29 is 35.7 Å². The van der Waals surface area contributed by atoms with Gasteiger partial charge in [-0.3, -0.25) is 0 Å². The Morgan fingerprint density at radius 1 is 0.833 bits per heavy atom. The fourth-order valence-electron chi connectivity index (χ4n) is 0.854. The van der Waals surface area contributed by atoms with Crippen LogP contribution in [0.5, 0.6) is 0 Å². The van der Waals surface area contributed by atoms with Crippen molar-refractivity contribution in [1.29, 1.82) is 0 Å². The smallest absolute Gasteiger partial charge is 0.343 e. The number of hydrogen-bond donors (Lipinski definition) is 3. The molecule has 0 saturated carbocycles. The fraction of sp³-hybridized carbons (Fsp3) is 0.833. The van der Waals surface area contributed by atoms with Crippen molar-refractivity contribution in [3.8, 4) is 0 Å². The van der Waals surface area contributed by atoms with E-state index in [1.54, 1.807) is 0 Å². The Morgan fingerprint density at radius 2 is 1.06 bits per heavy atom. The Labute approximate surface area is 123 Å². The van der Waals surface area contributed by atoms with Gasteiger partial charge in [-0.05, 0) is 0 Å². The molecule has 116 valence electrons. The van der Waals surface area contributed by atoms with E-state index in [4.69, 9.17) is 19.2 Å². The zero-order chi connectivity index (χ0) is 14.2. The molecule has 0 amide bonds. The summed E-state index contributed by atoms with van der Waals surface area (Å²) in [5.74, 6) is 0. The van der Waals surface area contributed by atoms with Gasteiger partial charge in [0.25, 0.3) is 0 Å². The summed E-state index contributed by atoms with van der Waals surface area (Å²) >= 11 is 0. The molecule has 0 aromatic heterocycles. The monoisotopic (exact) mass is 326 g/mol. The van der Waals surface area contributed by atoms with E-state index in [1.165, 1.54) is 38.5 Å². The maximum Gasteiger partial charge on any atom is 2.00 e. The predicted molar refractivity (Wildman–Crippen MR) is 73.3 cm³/mol. The van der Waals surface area contributed by atoms with Gasteiger partial charge >= 0.3 is 24.3 Å². The number of hydrogen-bond acceptors (Lipinski definition) is 1. The molecule has 0 rings (SSSR count). The average molecular weight is 327 g/mol. The van der Waals surface area contributed by atoms with Gasteiger partial charge < -0.3 is 28.5 Å². The van der Waals surface area contributed by atoms with Crippen LogP contribution in [0.15, 0.2) is 0 Å². The molecule has 0 aliphatic carbocycles. The molecule has 0 bridgehead atoms. The average Bonchev–Trinajstić information content (AvgIpc) is 2.22. The Balaban J connectivity index is -0.0000000799. The summed E-state index contributed by atoms with van der Waals surface area (Å²) in [6.07, 6.45) is 10.1. The van der Waals surface area contributed by atoms with Gasteiger partial charge in [0.1, 0.15) is 0 Å². The van der Waals surface area contributed by atoms with Gasteiger partial charge in [0, 0.05) is 0 Å². The third-order valence-corrected chi connectivity index (χ3v) is 1.71. The SMILES string of the molecule is O=P(O)(O)O.[CH2-]CCCCC.[CH2-]CCCCC.[Ni+2]. The Morgan fingerprint density at radius 3 is 1.11 bits per heavy atom. The zero-order valence-electron chi connectivity index (χ0n) is 11.6. The maximum atomic E-state index is 8.88. The molecule has 18 heavy (non-hydrogen) atoms. The van der Waals surface area contributed by atoms with Crippen molar-refractivity contribution >= 4 is 7.82 Å². The molecule has 4 nitrogen and oxygen atoms in total. The van der Waals surface area contributed by atoms with E-state index in [0.717, 1.165) is 12.8 Å². The Kier molecular flexibility index (Phi) is 34.2. The number of phosphoric acid groups is 1. The van der Waals surface area contributed by atoms with Crippen molar-refractivity contribution in [3.63, 3.8) is 0 Å². The summed E-state index contributed by atoms with van der Waals surface area (Å²) in [6, 6.07) is 0. The third-order valence-electron chi connectivity index (χ3n) is 1.71. The van der Waals surface area contributed by atoms with Crippen molar-refractivity contribution in [3.05, 3.63) is 13.8 Å². The molecule has 0 heterocycles. The molecule has 0 aromatic rings. The Hall–Kier alpha value is 0.604. The molecule has 0 radical (unpaired) electrons. The van der Waals surface area contributed by atoms with Gasteiger partial charge in [-0.25, -0.2) is 4.57 Å². The normalized spacial score (nSPS) is 9.28. The van der Waals surface area contributed by atoms with E-state index in [1.807, 2.05) is 0 Å². The minimum atomic E-state index is -4.64. The van der Waals surface area contributed by atoms with Gasteiger partial charge in [-0.2, -0.15) is 12.8 Å². The minimum absolute atomic E-state index is 0. The van der Waals surface area contributed by atoms with Crippen LogP contribution >= 0.6 is 7.82 Å². The summed E-state index contributed by atoms with van der Waals surface area (Å²) in [5.41, 5.74) is 0. The summed E-state index contributed by atoms with van der Waals surface area (Å²) < 4.78 is 8.88. The number of rotatable bonds is 6. The van der Waals surface area contributed by atoms with E-state index < -0.39 is 7.82 Å². The molecule has 0 unspecified atom stereocenters. The van der Waals surface area contributed by atoms with Crippen LogP contribution < -0.4 is 0 Å². The van der Waals surface area contributed by atoms with Crippen LogP contribution in [0.1, 0.15) is 65.2 Å². The van der Waals surface area contributed by atoms with Crippen molar-refractivity contribution in [2.45, 2.75) is 65.2 Å². The second-order valence-corrected chi connectivity index (χ2v) is 4.66. The standard InChI is InChI=1S/2C6H13.Ni.H3O4P/c2*1-3-5-6-4-2;;1-5(2,3)4/h2*1,3-6H2,2H3;;(H3,1,2,3,4)/q2*-1;+2;. The molecule has 0 spiro atoms. The van der Waals surface area contributed by atoms with Crippen LogP contribution in [0.3, 0.4) is 0 Å². The molecule has 6 heteroatoms. The van der Waals surface area contributed by atoms with Crippen LogP contribution in [-0.2, 0) is 21.1 Å². The minimum Gasteiger partial charge on any atom is -0.343 e. The number of unbranched alkanes of at least 4 members (excludes halogenated alkanes) is 6. The largest absolute Gasteiger partial charge is 2.00 e. The van der Waals surface area contributed by atoms with Crippen molar-refractivity contribution in [2.75, 3.05) is 0 Å². The molecule has 0 aliphatic rings. The van der Waals surface area contributed by atoms with E-state index >= 15 is 0 Å². The van der Waals surface area contributed by atoms with Crippen LogP contribution in [-0.4, -0.2) is 14.7 Å². The second-order valence-electron chi connectivity index (χ2n) is 3.63. The van der Waals surface area contributed by atoms with E-state index in [2.05, 4.69) is 27.7 Å². The summed E-state index contributed by atoms with van der Waals surface area (Å²) in [6.45, 7) is 11.9. The van der Waals surface area contributed by atoms with E-state index in [9.17, 15) is 0 Å². The summed E-state index contributed by atoms with van der Waals surface area (Å²) in [5, 5.41) is 0. The van der Waals surface area contributed by atoms with E-state index in [-0.39, 0.29) is 16.5 Å². The molecule has 0 aromatic carbocycles. The summed E-state index contributed by atoms with van der Waals surface area (Å²) in [4.78, 5) is 21.6. The van der Waals surface area contributed by atoms with Crippen molar-refractivity contribution in [2.24, 2.45) is 0 Å². The summed E-state index contributed by atoms with van der Waals surface area (Å²) in [7, 11) is -4.64. The predicted octanol–water partition coefficient (Wildman–Crippen LogP) is 3.87. The topological polar surface area (TPSA) is 77.8 Å². The maximum absolute atomic E-state index is 8.88. The van der Waals surface area contributed by atoms with Gasteiger partial charge in [-0.15, -0.1) is 0 Å². The first-order valence-corrected chi connectivity index (χ1v) is 7.76. The fourth-order valence-corrected chi connectivity index (χ4v) is 0.854. The molecule has 0 fully saturated rings. The quantitative estimate of drug-likeness (QED) is 0.299. The molecule has 3 N–H and O–H groups in total. The third kappa shape index (κ3) is 92.7. The molecule has 0 atom stereocenters. The van der Waals surface area contributed by atoms with Crippen LogP contribution in [0, 0.1) is 13.8 Å². The van der Waals surface area contributed by atoms with Crippen LogP contribution in [0.2, 0.25) is 0 Å². The van der Waals surface area contributed by atoms with Gasteiger partial charge in [0.2, 0.25) is 0 Å². The van der Waals surface area contributed by atoms with Gasteiger partial charge in [0.05, 0.1) is 0 Å². The Bertz CT molecular complexity index is 138. The molecule has 0 aliphatic heterocycles. The van der Waals surface area contributed by atoms with Gasteiger partial charge in [-0.1, -0.05) is 52.4 Å². The zero-order valence-corrected chi connectivity index (χ0v) is 13.5. The van der Waals surface area contributed by atoms with Gasteiger partial charge in [0.15, 0.2) is 0 Å². The van der Waals surface area contributed by atoms with Crippen molar-refractivity contribution in [1.82, 2.24) is 0 Å². The molecular formula is C12H29NiO4P. The van der Waals surface area contributed by atoms with Crippen LogP contribution in [0.4, 0.5) is 0 Å². The van der Waals surface area contributed by atoms with E-state index in [0.29, 0.717) is 0 Å². The first kappa shape index (κ1) is 27.0. The first-order valence-electron chi connectivity index (χ1n) is 6.20. The van der Waals surface area contributed by atoms with Crippen LogP contribution in [0.25, 0.3) is 0 Å².